The second kappa shape index (κ2) is 12.7. The van der Waals surface area contributed by atoms with Gasteiger partial charge in [0.05, 0.1) is 11.3 Å². The Labute approximate surface area is 208 Å². The number of unbranched alkanes of at least 4 members (excludes halogenated alkanes) is 1. The molecule has 2 N–H and O–H groups in total. The summed E-state index contributed by atoms with van der Waals surface area (Å²) in [6.45, 7) is 1.11. The van der Waals surface area contributed by atoms with Crippen LogP contribution in [0, 0.1) is 0 Å². The van der Waals surface area contributed by atoms with Gasteiger partial charge < -0.3 is 20.3 Å². The van der Waals surface area contributed by atoms with Gasteiger partial charge in [0.2, 0.25) is 0 Å². The first kappa shape index (κ1) is 26.7. The molecule has 0 aromatic heterocycles. The summed E-state index contributed by atoms with van der Waals surface area (Å²) in [4.78, 5) is 26.9. The molecule has 3 rings (SSSR count). The van der Waals surface area contributed by atoms with Gasteiger partial charge >= 0.3 is 12.2 Å². The van der Waals surface area contributed by atoms with Crippen LogP contribution in [-0.2, 0) is 17.5 Å². The van der Waals surface area contributed by atoms with Gasteiger partial charge in [-0.25, -0.2) is 4.79 Å². The van der Waals surface area contributed by atoms with Crippen LogP contribution in [0.15, 0.2) is 78.9 Å². The summed E-state index contributed by atoms with van der Waals surface area (Å²) < 4.78 is 46.7. The molecule has 0 unspecified atom stereocenters. The number of alkyl halides is 3. The molecular weight excluding hydrogens is 471 g/mol. The van der Waals surface area contributed by atoms with Gasteiger partial charge in [-0.3, -0.25) is 4.79 Å². The highest BCUT2D eigenvalue weighted by Gasteiger charge is 2.35. The first-order chi connectivity index (χ1) is 17.3. The molecule has 9 heteroatoms. The molecular formula is C27H28F3N3O3. The summed E-state index contributed by atoms with van der Waals surface area (Å²) >= 11 is 0. The summed E-state index contributed by atoms with van der Waals surface area (Å²) in [5.74, 6) is -0.536. The van der Waals surface area contributed by atoms with Gasteiger partial charge in [0, 0.05) is 38.1 Å². The van der Waals surface area contributed by atoms with E-state index >= 15 is 0 Å². The second-order valence-electron chi connectivity index (χ2n) is 8.12. The largest absolute Gasteiger partial charge is 0.418 e. The van der Waals surface area contributed by atoms with E-state index in [2.05, 4.69) is 10.6 Å². The molecule has 6 nitrogen and oxygen atoms in total. The number of anilines is 2. The Kier molecular flexibility index (Phi) is 9.46. The van der Waals surface area contributed by atoms with Crippen LogP contribution in [0.2, 0.25) is 0 Å². The number of rotatable bonds is 10. The topological polar surface area (TPSA) is 70.7 Å². The third kappa shape index (κ3) is 7.84. The second-order valence-corrected chi connectivity index (χ2v) is 8.12. The highest BCUT2D eigenvalue weighted by molar-refractivity contribution is 6.04. The molecule has 0 saturated heterocycles. The van der Waals surface area contributed by atoms with Crippen LogP contribution in [0.4, 0.5) is 29.3 Å². The molecule has 0 aliphatic heterocycles. The zero-order valence-electron chi connectivity index (χ0n) is 19.8. The summed E-state index contributed by atoms with van der Waals surface area (Å²) in [5.41, 5.74) is -0.307. The summed E-state index contributed by atoms with van der Waals surface area (Å²) in [6.07, 6.45) is -3.41. The molecule has 0 aliphatic rings. The summed E-state index contributed by atoms with van der Waals surface area (Å²) in [5, 5.41) is 4.89. The van der Waals surface area contributed by atoms with Crippen molar-refractivity contribution >= 4 is 23.3 Å². The lowest BCUT2D eigenvalue weighted by Crippen LogP contribution is -2.36. The molecule has 0 atom stereocenters. The van der Waals surface area contributed by atoms with Crippen LogP contribution in [0.25, 0.3) is 0 Å². The van der Waals surface area contributed by atoms with Crippen molar-refractivity contribution < 1.29 is 27.5 Å². The van der Waals surface area contributed by atoms with E-state index < -0.39 is 23.7 Å². The van der Waals surface area contributed by atoms with Crippen LogP contribution in [0.1, 0.15) is 34.3 Å². The summed E-state index contributed by atoms with van der Waals surface area (Å²) in [7, 11) is 1.58. The van der Waals surface area contributed by atoms with E-state index in [0.717, 1.165) is 17.7 Å². The molecule has 0 bridgehead atoms. The number of carbonyl (C=O) groups excluding carboxylic acids is 2. The molecule has 0 saturated carbocycles. The lowest BCUT2D eigenvalue weighted by molar-refractivity contribution is -0.136. The van der Waals surface area contributed by atoms with Crippen molar-refractivity contribution in [2.75, 3.05) is 30.9 Å². The van der Waals surface area contributed by atoms with Gasteiger partial charge in [-0.1, -0.05) is 48.5 Å². The van der Waals surface area contributed by atoms with Crippen molar-refractivity contribution in [3.05, 3.63) is 95.6 Å². The average Bonchev–Trinajstić information content (AvgIpc) is 2.87. The summed E-state index contributed by atoms with van der Waals surface area (Å²) in [6, 6.07) is 20.0. The maximum atomic E-state index is 13.9. The van der Waals surface area contributed by atoms with Gasteiger partial charge in [-0.15, -0.1) is 0 Å². The number of urea groups is 1. The molecule has 190 valence electrons. The Hall–Kier alpha value is -3.85. The maximum absolute atomic E-state index is 13.9. The Balaban J connectivity index is 1.79. The number of ether oxygens (including phenoxy) is 1. The van der Waals surface area contributed by atoms with E-state index in [1.54, 1.807) is 37.4 Å². The molecule has 0 spiro atoms. The molecule has 3 aromatic carbocycles. The minimum atomic E-state index is -4.75. The molecule has 3 aromatic rings. The molecule has 0 heterocycles. The van der Waals surface area contributed by atoms with Crippen LogP contribution in [0.5, 0.6) is 0 Å². The minimum Gasteiger partial charge on any atom is -0.385 e. The number of nitrogens with zero attached hydrogens (tertiary/aromatic N) is 1. The first-order valence-corrected chi connectivity index (χ1v) is 11.4. The Morgan fingerprint density at radius 1 is 0.889 bits per heavy atom. The fraction of sp³-hybridized carbons (Fsp3) is 0.259. The number of halogens is 3. The molecule has 0 fully saturated rings. The van der Waals surface area contributed by atoms with E-state index in [4.69, 9.17) is 4.74 Å². The lowest BCUT2D eigenvalue weighted by Gasteiger charge is -2.24. The first-order valence-electron chi connectivity index (χ1n) is 11.4. The smallest absolute Gasteiger partial charge is 0.385 e. The minimum absolute atomic E-state index is 0.0325. The van der Waals surface area contributed by atoms with Crippen LogP contribution in [-0.4, -0.2) is 37.1 Å². The Morgan fingerprint density at radius 3 is 2.19 bits per heavy atom. The fourth-order valence-corrected chi connectivity index (χ4v) is 3.56. The van der Waals surface area contributed by atoms with Crippen molar-refractivity contribution in [3.63, 3.8) is 0 Å². The zero-order valence-corrected chi connectivity index (χ0v) is 19.8. The van der Waals surface area contributed by atoms with Crippen LogP contribution < -0.4 is 10.6 Å². The van der Waals surface area contributed by atoms with Crippen LogP contribution >= 0.6 is 0 Å². The number of carbonyl (C=O) groups is 2. The number of benzene rings is 3. The highest BCUT2D eigenvalue weighted by Crippen LogP contribution is 2.37. The van der Waals surface area contributed by atoms with Gasteiger partial charge in [-0.2, -0.15) is 13.2 Å². The van der Waals surface area contributed by atoms with E-state index in [1.807, 2.05) is 30.3 Å². The van der Waals surface area contributed by atoms with Crippen molar-refractivity contribution in [1.82, 2.24) is 4.90 Å². The third-order valence-electron chi connectivity index (χ3n) is 5.39. The number of nitrogens with one attached hydrogen (secondary N) is 2. The van der Waals surface area contributed by atoms with Gasteiger partial charge in [0.1, 0.15) is 0 Å². The number of hydrogen-bond donors (Lipinski definition) is 2. The SMILES string of the molecule is COCCCCN(Cc1ccccc1)C(=O)Nc1ccc(NC(=O)c2ccccc2)cc1C(F)(F)F. The maximum Gasteiger partial charge on any atom is 0.418 e. The van der Waals surface area contributed by atoms with Crippen LogP contribution in [0.3, 0.4) is 0 Å². The third-order valence-corrected chi connectivity index (χ3v) is 5.39. The molecule has 0 radical (unpaired) electrons. The van der Waals surface area contributed by atoms with Crippen molar-refractivity contribution in [3.8, 4) is 0 Å². The van der Waals surface area contributed by atoms with Gasteiger partial charge in [0.25, 0.3) is 5.91 Å². The predicted molar refractivity (Wildman–Crippen MR) is 133 cm³/mol. The normalized spacial score (nSPS) is 11.1. The zero-order chi connectivity index (χ0) is 26.0. The number of methoxy groups -OCH3 is 1. The molecule has 36 heavy (non-hydrogen) atoms. The predicted octanol–water partition coefficient (Wildman–Crippen LogP) is 6.42. The average molecular weight is 500 g/mol. The number of amides is 3. The lowest BCUT2D eigenvalue weighted by atomic mass is 10.1. The fourth-order valence-electron chi connectivity index (χ4n) is 3.56. The van der Waals surface area contributed by atoms with Gasteiger partial charge in [-0.05, 0) is 48.7 Å². The number of hydrogen-bond acceptors (Lipinski definition) is 3. The monoisotopic (exact) mass is 499 g/mol. The molecule has 0 aliphatic carbocycles. The van der Waals surface area contributed by atoms with Crippen molar-refractivity contribution in [1.29, 1.82) is 0 Å². The highest BCUT2D eigenvalue weighted by atomic mass is 19.4. The molecule has 3 amide bonds. The van der Waals surface area contributed by atoms with E-state index in [0.29, 0.717) is 31.6 Å². The Bertz CT molecular complexity index is 1140. The van der Waals surface area contributed by atoms with Crippen molar-refractivity contribution in [2.24, 2.45) is 0 Å². The van der Waals surface area contributed by atoms with Crippen molar-refractivity contribution in [2.45, 2.75) is 25.6 Å². The quantitative estimate of drug-likeness (QED) is 0.316. The van der Waals surface area contributed by atoms with E-state index in [-0.39, 0.29) is 17.9 Å². The van der Waals surface area contributed by atoms with E-state index in [1.165, 1.54) is 11.0 Å². The standard InChI is InChI=1S/C27H28F3N3O3/c1-36-17-9-8-16-33(19-20-10-4-2-5-11-20)26(35)32-24-15-14-22(18-23(24)27(28,29)30)31-25(34)21-12-6-3-7-13-21/h2-7,10-15,18H,8-9,16-17,19H2,1H3,(H,31,34)(H,32,35). The Morgan fingerprint density at radius 2 is 1.56 bits per heavy atom. The van der Waals surface area contributed by atoms with Gasteiger partial charge in [0.15, 0.2) is 0 Å². The van der Waals surface area contributed by atoms with E-state index in [9.17, 15) is 22.8 Å².